The zero-order valence-electron chi connectivity index (χ0n) is 13.0. The van der Waals surface area contributed by atoms with Crippen molar-refractivity contribution in [1.29, 1.82) is 0 Å². The molecule has 0 aliphatic carbocycles. The number of rotatable bonds is 4. The quantitative estimate of drug-likeness (QED) is 0.718. The third-order valence-electron chi connectivity index (χ3n) is 3.47. The Kier molecular flexibility index (Phi) is 4.36. The van der Waals surface area contributed by atoms with Crippen LogP contribution in [0.1, 0.15) is 11.3 Å². The van der Waals surface area contributed by atoms with Crippen LogP contribution in [0.3, 0.4) is 0 Å². The Morgan fingerprint density at radius 3 is 2.64 bits per heavy atom. The number of benzene rings is 1. The molecular weight excluding hydrogens is 368 g/mol. The molecule has 3 rings (SSSR count). The number of halogens is 1. The molecule has 25 heavy (non-hydrogen) atoms. The molecule has 0 fully saturated rings. The summed E-state index contributed by atoms with van der Waals surface area (Å²) < 4.78 is 26.6. The minimum absolute atomic E-state index is 0.0650. The van der Waals surface area contributed by atoms with Crippen molar-refractivity contribution in [3.63, 3.8) is 0 Å². The van der Waals surface area contributed by atoms with Gasteiger partial charge in [-0.1, -0.05) is 29.3 Å². The van der Waals surface area contributed by atoms with Crippen LogP contribution in [0.4, 0.5) is 4.79 Å². The maximum absolute atomic E-state index is 12.8. The molecule has 0 aliphatic heterocycles. The molecule has 130 valence electrons. The molecule has 2 aromatic heterocycles. The standard InChI is InChI=1S/C15H13ClN4O4S/c1-9-2-4-11(5-3-9)25(23,24)20-8-12(16)13-14(20)17-6-10(19-13)7-18-15(21)22/h2-6,8,18H,7H2,1H3,(H,21,22). The first-order valence-electron chi connectivity index (χ1n) is 7.10. The van der Waals surface area contributed by atoms with E-state index in [1.165, 1.54) is 24.5 Å². The molecule has 0 bridgehead atoms. The highest BCUT2D eigenvalue weighted by Crippen LogP contribution is 2.26. The van der Waals surface area contributed by atoms with Crippen molar-refractivity contribution in [2.75, 3.05) is 0 Å². The van der Waals surface area contributed by atoms with Gasteiger partial charge in [-0.25, -0.2) is 27.2 Å². The van der Waals surface area contributed by atoms with Crippen LogP contribution in [0.15, 0.2) is 41.6 Å². The molecule has 2 N–H and O–H groups in total. The van der Waals surface area contributed by atoms with Gasteiger partial charge in [0.1, 0.15) is 5.52 Å². The van der Waals surface area contributed by atoms with Crippen LogP contribution in [0.2, 0.25) is 5.02 Å². The second-order valence-electron chi connectivity index (χ2n) is 5.28. The number of hydrogen-bond acceptors (Lipinski definition) is 5. The number of carboxylic acid groups (broad SMARTS) is 1. The average Bonchev–Trinajstić information content (AvgIpc) is 2.91. The third kappa shape index (κ3) is 3.28. The summed E-state index contributed by atoms with van der Waals surface area (Å²) in [5, 5.41) is 10.9. The summed E-state index contributed by atoms with van der Waals surface area (Å²) in [7, 11) is -3.88. The van der Waals surface area contributed by atoms with Crippen molar-refractivity contribution in [3.05, 3.63) is 52.9 Å². The van der Waals surface area contributed by atoms with Crippen LogP contribution in [0.5, 0.6) is 0 Å². The van der Waals surface area contributed by atoms with E-state index in [1.54, 1.807) is 12.1 Å². The van der Waals surface area contributed by atoms with Crippen LogP contribution in [0.25, 0.3) is 11.2 Å². The van der Waals surface area contributed by atoms with Gasteiger partial charge in [0.25, 0.3) is 10.0 Å². The number of nitrogens with zero attached hydrogens (tertiary/aromatic N) is 3. The fourth-order valence-corrected chi connectivity index (χ4v) is 3.82. The van der Waals surface area contributed by atoms with Gasteiger partial charge >= 0.3 is 6.09 Å². The summed E-state index contributed by atoms with van der Waals surface area (Å²) >= 11 is 6.11. The minimum atomic E-state index is -3.88. The molecule has 0 saturated carbocycles. The maximum Gasteiger partial charge on any atom is 0.404 e. The summed E-state index contributed by atoms with van der Waals surface area (Å²) in [6.07, 6.45) is 1.33. The Hall–Kier alpha value is -2.65. The topological polar surface area (TPSA) is 114 Å². The van der Waals surface area contributed by atoms with Crippen molar-refractivity contribution in [1.82, 2.24) is 19.3 Å². The molecule has 0 radical (unpaired) electrons. The number of aromatic nitrogens is 3. The van der Waals surface area contributed by atoms with Crippen molar-refractivity contribution >= 4 is 38.9 Å². The van der Waals surface area contributed by atoms with E-state index in [-0.39, 0.29) is 27.6 Å². The molecule has 3 aromatic rings. The molecule has 2 heterocycles. The van der Waals surface area contributed by atoms with Crippen LogP contribution >= 0.6 is 11.6 Å². The molecule has 0 spiro atoms. The predicted octanol–water partition coefficient (Wildman–Crippen LogP) is 2.40. The first-order valence-corrected chi connectivity index (χ1v) is 8.92. The van der Waals surface area contributed by atoms with E-state index >= 15 is 0 Å². The zero-order chi connectivity index (χ0) is 18.2. The van der Waals surface area contributed by atoms with Crippen molar-refractivity contribution in [3.8, 4) is 0 Å². The SMILES string of the molecule is Cc1ccc(S(=O)(=O)n2cc(Cl)c3nc(CNC(=O)O)cnc32)cc1. The normalized spacial score (nSPS) is 11.6. The van der Waals surface area contributed by atoms with E-state index in [1.807, 2.05) is 6.92 Å². The summed E-state index contributed by atoms with van der Waals surface area (Å²) in [5.41, 5.74) is 1.51. The number of carbonyl (C=O) groups is 1. The van der Waals surface area contributed by atoms with E-state index in [4.69, 9.17) is 16.7 Å². The van der Waals surface area contributed by atoms with Gasteiger partial charge in [-0.2, -0.15) is 0 Å². The van der Waals surface area contributed by atoms with E-state index in [9.17, 15) is 13.2 Å². The van der Waals surface area contributed by atoms with E-state index < -0.39 is 16.1 Å². The highest BCUT2D eigenvalue weighted by Gasteiger charge is 2.22. The lowest BCUT2D eigenvalue weighted by atomic mass is 10.2. The maximum atomic E-state index is 12.8. The largest absolute Gasteiger partial charge is 0.465 e. The fraction of sp³-hybridized carbons (Fsp3) is 0.133. The molecule has 10 heteroatoms. The molecule has 8 nitrogen and oxygen atoms in total. The van der Waals surface area contributed by atoms with Gasteiger partial charge in [0.15, 0.2) is 5.65 Å². The molecule has 0 unspecified atom stereocenters. The smallest absolute Gasteiger partial charge is 0.404 e. The Balaban J connectivity index is 2.08. The van der Waals surface area contributed by atoms with Gasteiger partial charge in [0.05, 0.1) is 28.4 Å². The zero-order valence-corrected chi connectivity index (χ0v) is 14.5. The summed E-state index contributed by atoms with van der Waals surface area (Å²) in [4.78, 5) is 18.9. The van der Waals surface area contributed by atoms with Crippen LogP contribution < -0.4 is 5.32 Å². The minimum Gasteiger partial charge on any atom is -0.465 e. The molecule has 1 amide bonds. The predicted molar refractivity (Wildman–Crippen MR) is 91.2 cm³/mol. The summed E-state index contributed by atoms with van der Waals surface area (Å²) in [6, 6.07) is 6.40. The summed E-state index contributed by atoms with van der Waals surface area (Å²) in [6.45, 7) is 1.79. The number of fused-ring (bicyclic) bond motifs is 1. The number of aryl methyl sites for hydroxylation is 1. The van der Waals surface area contributed by atoms with Crippen LogP contribution in [-0.2, 0) is 16.6 Å². The van der Waals surface area contributed by atoms with Gasteiger partial charge in [0, 0.05) is 6.20 Å². The van der Waals surface area contributed by atoms with Crippen LogP contribution in [-0.4, -0.2) is 33.6 Å². The number of hydrogen-bond donors (Lipinski definition) is 2. The lowest BCUT2D eigenvalue weighted by molar-refractivity contribution is 0.194. The Morgan fingerprint density at radius 2 is 2.00 bits per heavy atom. The van der Waals surface area contributed by atoms with Gasteiger partial charge in [0.2, 0.25) is 0 Å². The van der Waals surface area contributed by atoms with Gasteiger partial charge in [-0.15, -0.1) is 0 Å². The lowest BCUT2D eigenvalue weighted by Crippen LogP contribution is -2.20. The average molecular weight is 381 g/mol. The number of nitrogens with one attached hydrogen (secondary N) is 1. The highest BCUT2D eigenvalue weighted by molar-refractivity contribution is 7.90. The first-order chi connectivity index (χ1) is 11.8. The Morgan fingerprint density at radius 1 is 1.32 bits per heavy atom. The van der Waals surface area contributed by atoms with Crippen molar-refractivity contribution < 1.29 is 18.3 Å². The van der Waals surface area contributed by atoms with E-state index in [0.717, 1.165) is 9.54 Å². The van der Waals surface area contributed by atoms with E-state index in [0.29, 0.717) is 5.69 Å². The monoisotopic (exact) mass is 380 g/mol. The van der Waals surface area contributed by atoms with Crippen LogP contribution in [0, 0.1) is 6.92 Å². The lowest BCUT2D eigenvalue weighted by Gasteiger charge is -2.07. The number of amides is 1. The molecule has 0 atom stereocenters. The molecular formula is C15H13ClN4O4S. The van der Waals surface area contributed by atoms with Crippen molar-refractivity contribution in [2.45, 2.75) is 18.4 Å². The molecule has 1 aromatic carbocycles. The fourth-order valence-electron chi connectivity index (χ4n) is 2.22. The van der Waals surface area contributed by atoms with Crippen molar-refractivity contribution in [2.24, 2.45) is 0 Å². The first kappa shape index (κ1) is 17.2. The van der Waals surface area contributed by atoms with Gasteiger partial charge in [-0.3, -0.25) is 0 Å². The second-order valence-corrected chi connectivity index (χ2v) is 7.51. The molecule has 0 saturated heterocycles. The Labute approximate surface area is 148 Å². The Bertz CT molecular complexity index is 1060. The third-order valence-corrected chi connectivity index (χ3v) is 5.41. The molecule has 0 aliphatic rings. The van der Waals surface area contributed by atoms with E-state index in [2.05, 4.69) is 15.3 Å². The highest BCUT2D eigenvalue weighted by atomic mass is 35.5. The van der Waals surface area contributed by atoms with Gasteiger partial charge in [-0.05, 0) is 19.1 Å². The second kappa shape index (κ2) is 6.34. The van der Waals surface area contributed by atoms with Gasteiger partial charge < -0.3 is 10.4 Å². The summed E-state index contributed by atoms with van der Waals surface area (Å²) in [5.74, 6) is 0.